The fraction of sp³-hybridized carbons (Fsp3) is 0.0909. The second-order valence-electron chi connectivity index (χ2n) is 3.66. The molecule has 0 spiro atoms. The summed E-state index contributed by atoms with van der Waals surface area (Å²) in [7, 11) is 1.58. The first-order valence-corrected chi connectivity index (χ1v) is 6.62. The molecule has 0 bridgehead atoms. The van der Waals surface area contributed by atoms with Gasteiger partial charge < -0.3 is 5.32 Å². The number of rotatable bonds is 2. The van der Waals surface area contributed by atoms with Crippen LogP contribution in [0, 0.1) is 11.6 Å². The van der Waals surface area contributed by atoms with Crippen LogP contribution in [0.2, 0.25) is 0 Å². The molecule has 2 rings (SSSR count). The average molecular weight is 395 g/mol. The van der Waals surface area contributed by atoms with Crippen molar-refractivity contribution in [2.24, 2.45) is 7.05 Å². The van der Waals surface area contributed by atoms with Crippen LogP contribution in [0.5, 0.6) is 0 Å². The van der Waals surface area contributed by atoms with Gasteiger partial charge in [-0.15, -0.1) is 0 Å². The number of nitrogens with one attached hydrogen (secondary N) is 1. The number of hydrogen-bond donors (Lipinski definition) is 1. The standard InChI is InChI=1S/C11H7Br2F2N3O/c1-18-10(7(13)4-16-18)11(19)17-9-6(12)2-5(14)3-8(9)15/h2-4H,1H3,(H,17,19). The lowest BCUT2D eigenvalue weighted by Gasteiger charge is -2.09. The number of carbonyl (C=O) groups excluding carboxylic acids is 1. The molecule has 8 heteroatoms. The van der Waals surface area contributed by atoms with Gasteiger partial charge in [0.15, 0.2) is 5.82 Å². The van der Waals surface area contributed by atoms with Crippen LogP contribution >= 0.6 is 31.9 Å². The molecule has 19 heavy (non-hydrogen) atoms. The highest BCUT2D eigenvalue weighted by Gasteiger charge is 2.18. The number of halogens is 4. The summed E-state index contributed by atoms with van der Waals surface area (Å²) >= 11 is 6.17. The predicted molar refractivity (Wildman–Crippen MR) is 72.9 cm³/mol. The highest BCUT2D eigenvalue weighted by Crippen LogP contribution is 2.28. The summed E-state index contributed by atoms with van der Waals surface area (Å²) < 4.78 is 28.5. The van der Waals surface area contributed by atoms with Gasteiger partial charge in [0.1, 0.15) is 11.5 Å². The van der Waals surface area contributed by atoms with Crippen LogP contribution in [0.4, 0.5) is 14.5 Å². The van der Waals surface area contributed by atoms with Crippen molar-refractivity contribution >= 4 is 43.5 Å². The summed E-state index contributed by atoms with van der Waals surface area (Å²) in [5.41, 5.74) is 0.107. The third kappa shape index (κ3) is 2.84. The van der Waals surface area contributed by atoms with Crippen LogP contribution in [0.15, 0.2) is 27.3 Å². The lowest BCUT2D eigenvalue weighted by Crippen LogP contribution is -2.18. The first-order chi connectivity index (χ1) is 8.90. The second kappa shape index (κ2) is 5.38. The Hall–Kier alpha value is -1.28. The van der Waals surface area contributed by atoms with Gasteiger partial charge in [0.25, 0.3) is 5.91 Å². The fourth-order valence-electron chi connectivity index (χ4n) is 1.50. The maximum atomic E-state index is 13.6. The van der Waals surface area contributed by atoms with Gasteiger partial charge in [-0.1, -0.05) is 0 Å². The molecule has 0 atom stereocenters. The van der Waals surface area contributed by atoms with E-state index in [9.17, 15) is 13.6 Å². The van der Waals surface area contributed by atoms with Gasteiger partial charge in [-0.3, -0.25) is 9.48 Å². The lowest BCUT2D eigenvalue weighted by atomic mass is 10.3. The number of aromatic nitrogens is 2. The van der Waals surface area contributed by atoms with E-state index in [2.05, 4.69) is 42.3 Å². The van der Waals surface area contributed by atoms with Gasteiger partial charge in [-0.25, -0.2) is 8.78 Å². The van der Waals surface area contributed by atoms with Gasteiger partial charge in [0, 0.05) is 17.6 Å². The zero-order valence-electron chi connectivity index (χ0n) is 9.55. The number of amides is 1. The summed E-state index contributed by atoms with van der Waals surface area (Å²) in [5.74, 6) is -2.15. The molecule has 1 aromatic carbocycles. The average Bonchev–Trinajstić information content (AvgIpc) is 2.63. The Morgan fingerprint density at radius 2 is 2.00 bits per heavy atom. The van der Waals surface area contributed by atoms with Crippen molar-refractivity contribution in [3.8, 4) is 0 Å². The van der Waals surface area contributed by atoms with Gasteiger partial charge >= 0.3 is 0 Å². The molecule has 1 N–H and O–H groups in total. The van der Waals surface area contributed by atoms with E-state index in [-0.39, 0.29) is 15.9 Å². The molecular weight excluding hydrogens is 388 g/mol. The minimum absolute atomic E-state index is 0.122. The Morgan fingerprint density at radius 1 is 1.32 bits per heavy atom. The van der Waals surface area contributed by atoms with Gasteiger partial charge in [0.05, 0.1) is 16.4 Å². The van der Waals surface area contributed by atoms with Crippen LogP contribution in [0.1, 0.15) is 10.5 Å². The summed E-state index contributed by atoms with van der Waals surface area (Å²) in [6, 6.07) is 1.76. The van der Waals surface area contributed by atoms with Crippen molar-refractivity contribution in [1.82, 2.24) is 9.78 Å². The summed E-state index contributed by atoms with van der Waals surface area (Å²) in [6.07, 6.45) is 1.45. The normalized spacial score (nSPS) is 10.6. The maximum Gasteiger partial charge on any atom is 0.275 e. The summed E-state index contributed by atoms with van der Waals surface area (Å²) in [6.45, 7) is 0. The SMILES string of the molecule is Cn1ncc(Br)c1C(=O)Nc1c(F)cc(F)cc1Br. The predicted octanol–water partition coefficient (Wildman–Crippen LogP) is 3.48. The van der Waals surface area contributed by atoms with E-state index in [1.54, 1.807) is 7.05 Å². The summed E-state index contributed by atoms with van der Waals surface area (Å²) in [4.78, 5) is 12.0. The molecule has 0 unspecified atom stereocenters. The Kier molecular flexibility index (Phi) is 4.00. The smallest absolute Gasteiger partial charge is 0.275 e. The van der Waals surface area contributed by atoms with Crippen molar-refractivity contribution < 1.29 is 13.6 Å². The zero-order valence-corrected chi connectivity index (χ0v) is 12.7. The molecule has 0 saturated heterocycles. The lowest BCUT2D eigenvalue weighted by molar-refractivity contribution is 0.101. The fourth-order valence-corrected chi connectivity index (χ4v) is 2.54. The third-order valence-electron chi connectivity index (χ3n) is 2.35. The van der Waals surface area contributed by atoms with Crippen LogP contribution in [-0.4, -0.2) is 15.7 Å². The van der Waals surface area contributed by atoms with Crippen LogP contribution < -0.4 is 5.32 Å². The minimum Gasteiger partial charge on any atom is -0.317 e. The molecule has 0 fully saturated rings. The second-order valence-corrected chi connectivity index (χ2v) is 5.37. The first kappa shape index (κ1) is 14.1. The topological polar surface area (TPSA) is 46.9 Å². The van der Waals surface area contributed by atoms with E-state index in [0.717, 1.165) is 6.07 Å². The molecule has 0 aliphatic rings. The monoisotopic (exact) mass is 393 g/mol. The van der Waals surface area contributed by atoms with E-state index < -0.39 is 17.5 Å². The molecule has 0 radical (unpaired) electrons. The maximum absolute atomic E-state index is 13.6. The van der Waals surface area contributed by atoms with Crippen molar-refractivity contribution in [3.63, 3.8) is 0 Å². The highest BCUT2D eigenvalue weighted by molar-refractivity contribution is 9.11. The molecule has 4 nitrogen and oxygen atoms in total. The molecule has 2 aromatic rings. The molecule has 1 aromatic heterocycles. The molecule has 0 saturated carbocycles. The third-order valence-corrected chi connectivity index (χ3v) is 3.56. The zero-order chi connectivity index (χ0) is 14.2. The number of hydrogen-bond acceptors (Lipinski definition) is 2. The van der Waals surface area contributed by atoms with E-state index in [0.29, 0.717) is 10.5 Å². The van der Waals surface area contributed by atoms with Crippen LogP contribution in [0.25, 0.3) is 0 Å². The number of nitrogens with zero attached hydrogens (tertiary/aromatic N) is 2. The number of anilines is 1. The Morgan fingerprint density at radius 3 is 2.53 bits per heavy atom. The summed E-state index contributed by atoms with van der Waals surface area (Å²) in [5, 5.41) is 6.25. The van der Waals surface area contributed by atoms with E-state index in [1.807, 2.05) is 0 Å². The molecule has 0 aliphatic heterocycles. The molecule has 100 valence electrons. The molecule has 1 amide bonds. The van der Waals surface area contributed by atoms with Crippen molar-refractivity contribution in [2.45, 2.75) is 0 Å². The molecule has 1 heterocycles. The van der Waals surface area contributed by atoms with E-state index in [4.69, 9.17) is 0 Å². The van der Waals surface area contributed by atoms with Crippen molar-refractivity contribution in [3.05, 3.63) is 44.6 Å². The Bertz CT molecular complexity index is 615. The quantitative estimate of drug-likeness (QED) is 0.847. The van der Waals surface area contributed by atoms with Crippen molar-refractivity contribution in [2.75, 3.05) is 5.32 Å². The van der Waals surface area contributed by atoms with Crippen LogP contribution in [-0.2, 0) is 7.05 Å². The largest absolute Gasteiger partial charge is 0.317 e. The van der Waals surface area contributed by atoms with Crippen molar-refractivity contribution in [1.29, 1.82) is 0 Å². The first-order valence-electron chi connectivity index (χ1n) is 5.03. The Labute approximate surface area is 124 Å². The van der Waals surface area contributed by atoms with Crippen LogP contribution in [0.3, 0.4) is 0 Å². The number of benzene rings is 1. The van der Waals surface area contributed by atoms with Gasteiger partial charge in [-0.05, 0) is 37.9 Å². The molecule has 0 aliphatic carbocycles. The van der Waals surface area contributed by atoms with E-state index in [1.165, 1.54) is 10.9 Å². The molecular formula is C11H7Br2F2N3O. The van der Waals surface area contributed by atoms with Gasteiger partial charge in [-0.2, -0.15) is 5.10 Å². The number of aryl methyl sites for hydroxylation is 1. The highest BCUT2D eigenvalue weighted by atomic mass is 79.9. The minimum atomic E-state index is -0.862. The van der Waals surface area contributed by atoms with E-state index >= 15 is 0 Å². The Balaban J connectivity index is 2.35. The van der Waals surface area contributed by atoms with Gasteiger partial charge in [0.2, 0.25) is 0 Å². The number of carbonyl (C=O) groups is 1.